The maximum Gasteiger partial charge on any atom is 0.306 e. The molecule has 3 atom stereocenters. The van der Waals surface area contributed by atoms with Crippen molar-refractivity contribution in [2.45, 2.75) is 72.3 Å². The number of benzene rings is 1. The number of ketones is 1. The number of nitrogens with two attached hydrogens (primary N) is 1. The fourth-order valence-corrected chi connectivity index (χ4v) is 4.58. The number of aromatic nitrogens is 4. The average Bonchev–Trinajstić information content (AvgIpc) is 3.43. The average molecular weight is 554 g/mol. The number of H-pyrrole nitrogens is 1. The highest BCUT2D eigenvalue weighted by molar-refractivity contribution is 5.94. The highest BCUT2D eigenvalue weighted by atomic mass is 16.6. The van der Waals surface area contributed by atoms with Crippen molar-refractivity contribution in [1.29, 1.82) is 0 Å². The van der Waals surface area contributed by atoms with Gasteiger partial charge in [0.2, 0.25) is 5.95 Å². The van der Waals surface area contributed by atoms with Gasteiger partial charge in [0.05, 0.1) is 0 Å². The smallest absolute Gasteiger partial charge is 0.306 e. The molecule has 0 radical (unpaired) electrons. The highest BCUT2D eigenvalue weighted by Gasteiger charge is 2.41. The lowest BCUT2D eigenvalue weighted by Crippen LogP contribution is -2.32. The first-order valence-corrected chi connectivity index (χ1v) is 13.3. The molecule has 2 aromatic heterocycles. The van der Waals surface area contributed by atoms with E-state index in [1.54, 1.807) is 28.8 Å². The number of Topliss-reactive ketones (excluding diaryl/α,β-unsaturated/α-hetero) is 1. The number of esters is 2. The lowest BCUT2D eigenvalue weighted by atomic mass is 10.1. The Morgan fingerprint density at radius 3 is 2.35 bits per heavy atom. The Balaban J connectivity index is 1.73. The van der Waals surface area contributed by atoms with Gasteiger partial charge in [-0.25, -0.2) is 4.98 Å². The molecule has 12 nitrogen and oxygen atoms in total. The van der Waals surface area contributed by atoms with E-state index in [9.17, 15) is 19.2 Å². The zero-order valence-corrected chi connectivity index (χ0v) is 23.3. The van der Waals surface area contributed by atoms with Crippen LogP contribution in [0.1, 0.15) is 70.5 Å². The van der Waals surface area contributed by atoms with Crippen molar-refractivity contribution in [2.75, 3.05) is 12.3 Å². The van der Waals surface area contributed by atoms with E-state index in [0.29, 0.717) is 17.0 Å². The number of ether oxygens (including phenoxy) is 3. The fraction of sp³-hybridized carbons (Fsp3) is 0.500. The van der Waals surface area contributed by atoms with Gasteiger partial charge in [-0.3, -0.25) is 28.7 Å². The molecule has 1 aliphatic rings. The molecule has 214 valence electrons. The zero-order valence-electron chi connectivity index (χ0n) is 23.3. The topological polar surface area (TPSA) is 168 Å². The van der Waals surface area contributed by atoms with Gasteiger partial charge in [0.15, 0.2) is 16.9 Å². The predicted octanol–water partition coefficient (Wildman–Crippen LogP) is 3.41. The van der Waals surface area contributed by atoms with Gasteiger partial charge in [-0.2, -0.15) is 4.98 Å². The molecule has 1 aliphatic heterocycles. The Bertz CT molecular complexity index is 1460. The monoisotopic (exact) mass is 553 g/mol. The molecule has 0 aliphatic carbocycles. The van der Waals surface area contributed by atoms with Gasteiger partial charge in [-0.15, -0.1) is 0 Å². The number of hydrogen-bond donors (Lipinski definition) is 2. The van der Waals surface area contributed by atoms with Gasteiger partial charge in [0.25, 0.3) is 5.56 Å². The molecule has 1 saturated heterocycles. The van der Waals surface area contributed by atoms with Crippen molar-refractivity contribution >= 4 is 34.8 Å². The van der Waals surface area contributed by atoms with Crippen LogP contribution in [0.4, 0.5) is 5.95 Å². The third-order valence-electron chi connectivity index (χ3n) is 6.43. The molecule has 0 unspecified atom stereocenters. The Morgan fingerprint density at radius 1 is 1.07 bits per heavy atom. The van der Waals surface area contributed by atoms with E-state index in [4.69, 9.17) is 19.9 Å². The number of carbonyl (C=O) groups excluding carboxylic acids is 3. The number of nitrogens with zero attached hydrogens (tertiary/aromatic N) is 3. The minimum atomic E-state index is -0.785. The molecule has 0 amide bonds. The number of nitrogens with one attached hydrogen (secondary N) is 1. The van der Waals surface area contributed by atoms with E-state index in [2.05, 4.69) is 15.0 Å². The van der Waals surface area contributed by atoms with Crippen LogP contribution in [0.2, 0.25) is 0 Å². The van der Waals surface area contributed by atoms with Gasteiger partial charge < -0.3 is 19.9 Å². The van der Waals surface area contributed by atoms with Gasteiger partial charge in [-0.1, -0.05) is 52.0 Å². The number of imidazole rings is 1. The zero-order chi connectivity index (χ0) is 29.1. The molecule has 0 spiro atoms. The van der Waals surface area contributed by atoms with E-state index in [1.807, 2.05) is 27.7 Å². The summed E-state index contributed by atoms with van der Waals surface area (Å²) in [5.74, 6) is -0.405. The number of fused-ring (bicyclic) bond motifs is 1. The van der Waals surface area contributed by atoms with Crippen LogP contribution >= 0.6 is 0 Å². The van der Waals surface area contributed by atoms with Crippen LogP contribution in [-0.2, 0) is 23.8 Å². The van der Waals surface area contributed by atoms with Crippen LogP contribution in [-0.4, -0.2) is 56.1 Å². The van der Waals surface area contributed by atoms with Crippen molar-refractivity contribution in [2.24, 2.45) is 11.8 Å². The number of rotatable bonds is 10. The van der Waals surface area contributed by atoms with E-state index in [-0.39, 0.29) is 66.6 Å². The summed E-state index contributed by atoms with van der Waals surface area (Å²) in [6.45, 7) is 9.00. The highest BCUT2D eigenvalue weighted by Crippen LogP contribution is 2.37. The number of nitrogen functional groups attached to an aromatic ring is 1. The summed E-state index contributed by atoms with van der Waals surface area (Å²) in [5.41, 5.74) is 6.69. The summed E-state index contributed by atoms with van der Waals surface area (Å²) < 4.78 is 19.2. The summed E-state index contributed by atoms with van der Waals surface area (Å²) in [4.78, 5) is 60.7. The molecule has 3 heterocycles. The van der Waals surface area contributed by atoms with Gasteiger partial charge in [0.1, 0.15) is 30.9 Å². The Hall–Kier alpha value is -4.06. The summed E-state index contributed by atoms with van der Waals surface area (Å²) in [7, 11) is 0. The second-order valence-electron chi connectivity index (χ2n) is 10.8. The van der Waals surface area contributed by atoms with Crippen LogP contribution in [0, 0.1) is 11.8 Å². The molecule has 40 heavy (non-hydrogen) atoms. The third-order valence-corrected chi connectivity index (χ3v) is 6.43. The molecule has 3 N–H and O–H groups in total. The summed E-state index contributed by atoms with van der Waals surface area (Å²) in [6, 6.07) is 6.76. The second-order valence-corrected chi connectivity index (χ2v) is 10.8. The second kappa shape index (κ2) is 12.0. The third kappa shape index (κ3) is 6.56. The number of anilines is 1. The lowest BCUT2D eigenvalue weighted by Gasteiger charge is -2.19. The SMILES string of the molecule is CC(=O)c1ccc(-c2nc3c(=O)[nH]c(N)nc3n2[C@H]2C[C@H](OC(=O)CC(C)C)[C@@H](COC(=O)CC(C)C)O2)cc1. The predicted molar refractivity (Wildman–Crippen MR) is 146 cm³/mol. The minimum absolute atomic E-state index is 0.0450. The van der Waals surface area contributed by atoms with Crippen LogP contribution < -0.4 is 11.3 Å². The molecule has 1 aromatic carbocycles. The standard InChI is InChI=1S/C28H35N5O7/c1-14(2)10-22(35)38-13-20-19(40-23(36)11-15(3)4)12-21(39-20)33-25(18-8-6-17(7-9-18)16(5)34)30-24-26(33)31-28(29)32-27(24)37/h6-9,14-15,19-21H,10-13H2,1-5H3,(H3,29,31,32,37)/t19-,20+,21+/m0/s1. The molecule has 0 saturated carbocycles. The Labute approximate surface area is 231 Å². The first-order valence-electron chi connectivity index (χ1n) is 13.3. The van der Waals surface area contributed by atoms with Crippen molar-refractivity contribution < 1.29 is 28.6 Å². The summed E-state index contributed by atoms with van der Waals surface area (Å²) >= 11 is 0. The lowest BCUT2D eigenvalue weighted by molar-refractivity contribution is -0.159. The fourth-order valence-electron chi connectivity index (χ4n) is 4.58. The van der Waals surface area contributed by atoms with E-state index in [1.165, 1.54) is 6.92 Å². The van der Waals surface area contributed by atoms with E-state index >= 15 is 0 Å². The first-order chi connectivity index (χ1) is 18.9. The maximum absolute atomic E-state index is 12.7. The normalized spacial score (nSPS) is 18.9. The summed E-state index contributed by atoms with van der Waals surface area (Å²) in [5, 5.41) is 0. The molecule has 1 fully saturated rings. The van der Waals surface area contributed by atoms with E-state index in [0.717, 1.165) is 0 Å². The molecule has 12 heteroatoms. The maximum atomic E-state index is 12.7. The van der Waals surface area contributed by atoms with Crippen molar-refractivity contribution in [3.05, 3.63) is 40.2 Å². The first kappa shape index (κ1) is 28.9. The van der Waals surface area contributed by atoms with Crippen molar-refractivity contribution in [1.82, 2.24) is 19.5 Å². The molecular formula is C28H35N5O7. The van der Waals surface area contributed by atoms with Gasteiger partial charge >= 0.3 is 11.9 Å². The largest absolute Gasteiger partial charge is 0.463 e. The Kier molecular flexibility index (Phi) is 8.67. The Morgan fingerprint density at radius 2 is 1.73 bits per heavy atom. The van der Waals surface area contributed by atoms with Crippen LogP contribution in [0.3, 0.4) is 0 Å². The van der Waals surface area contributed by atoms with Crippen LogP contribution in [0.15, 0.2) is 29.1 Å². The minimum Gasteiger partial charge on any atom is -0.463 e. The molecule has 0 bridgehead atoms. The van der Waals surface area contributed by atoms with Crippen LogP contribution in [0.5, 0.6) is 0 Å². The van der Waals surface area contributed by atoms with E-state index < -0.39 is 30.0 Å². The molecule has 4 rings (SSSR count). The number of aromatic amines is 1. The van der Waals surface area contributed by atoms with Gasteiger partial charge in [-0.05, 0) is 18.8 Å². The number of hydrogen-bond acceptors (Lipinski definition) is 10. The molecular weight excluding hydrogens is 518 g/mol. The summed E-state index contributed by atoms with van der Waals surface area (Å²) in [6.07, 6.45) is -1.63. The van der Waals surface area contributed by atoms with Crippen molar-refractivity contribution in [3.8, 4) is 11.4 Å². The number of carbonyl (C=O) groups is 3. The van der Waals surface area contributed by atoms with Crippen molar-refractivity contribution in [3.63, 3.8) is 0 Å². The quantitative estimate of drug-likeness (QED) is 0.280. The molecule has 3 aromatic rings. The van der Waals surface area contributed by atoms with Gasteiger partial charge in [0, 0.05) is 30.4 Å². The van der Waals surface area contributed by atoms with Crippen LogP contribution in [0.25, 0.3) is 22.6 Å².